The van der Waals surface area contributed by atoms with E-state index in [1.165, 1.54) is 14.0 Å². The van der Waals surface area contributed by atoms with Crippen LogP contribution in [0.2, 0.25) is 5.15 Å². The van der Waals surface area contributed by atoms with Gasteiger partial charge >= 0.3 is 5.97 Å². The van der Waals surface area contributed by atoms with Crippen molar-refractivity contribution < 1.29 is 23.9 Å². The summed E-state index contributed by atoms with van der Waals surface area (Å²) in [6.45, 7) is 1.66. The first kappa shape index (κ1) is 28.1. The van der Waals surface area contributed by atoms with Gasteiger partial charge in [0.15, 0.2) is 34.5 Å². The first-order valence-corrected chi connectivity index (χ1v) is 11.2. The van der Waals surface area contributed by atoms with Crippen molar-refractivity contribution in [1.29, 1.82) is 0 Å². The van der Waals surface area contributed by atoms with Crippen LogP contribution in [0.1, 0.15) is 35.8 Å². The van der Waals surface area contributed by atoms with Crippen LogP contribution in [0.15, 0.2) is 29.3 Å². The Labute approximate surface area is 212 Å². The molecule has 0 radical (unpaired) electrons. The lowest BCUT2D eigenvalue weighted by atomic mass is 10.1. The molecule has 0 bridgehead atoms. The van der Waals surface area contributed by atoms with Crippen LogP contribution in [0.25, 0.3) is 0 Å². The number of methoxy groups -OCH3 is 1. The van der Waals surface area contributed by atoms with Gasteiger partial charge in [0.05, 0.1) is 7.11 Å². The minimum atomic E-state index is -0.889. The summed E-state index contributed by atoms with van der Waals surface area (Å²) in [6, 6.07) is 6.48. The number of halogens is 1. The number of unbranched alkanes of at least 4 members (excludes halogenated alkanes) is 1. The van der Waals surface area contributed by atoms with Crippen molar-refractivity contribution in [2.75, 3.05) is 31.7 Å². The van der Waals surface area contributed by atoms with Gasteiger partial charge in [0, 0.05) is 13.5 Å². The van der Waals surface area contributed by atoms with Gasteiger partial charge in [-0.2, -0.15) is 0 Å². The highest BCUT2D eigenvalue weighted by Gasteiger charge is 2.21. The maximum Gasteiger partial charge on any atom is 0.331 e. The van der Waals surface area contributed by atoms with Gasteiger partial charge in [-0.3, -0.25) is 19.9 Å². The van der Waals surface area contributed by atoms with Gasteiger partial charge in [0.2, 0.25) is 5.91 Å². The maximum absolute atomic E-state index is 12.2. The van der Waals surface area contributed by atoms with Crippen LogP contribution in [0.4, 0.5) is 11.6 Å². The van der Waals surface area contributed by atoms with E-state index in [1.54, 1.807) is 12.1 Å². The van der Waals surface area contributed by atoms with Crippen LogP contribution >= 0.6 is 11.6 Å². The molecule has 8 N–H and O–H groups in total. The summed E-state index contributed by atoms with van der Waals surface area (Å²) < 4.78 is 10.2. The largest absolute Gasteiger partial charge is 0.491 e. The molecule has 0 saturated carbocycles. The van der Waals surface area contributed by atoms with Gasteiger partial charge < -0.3 is 32.0 Å². The Hall–Kier alpha value is -4.13. The van der Waals surface area contributed by atoms with Crippen LogP contribution in [0.5, 0.6) is 5.75 Å². The summed E-state index contributed by atoms with van der Waals surface area (Å²) in [7, 11) is 1.24. The van der Waals surface area contributed by atoms with E-state index in [9.17, 15) is 14.4 Å². The first-order valence-electron chi connectivity index (χ1n) is 10.9. The molecule has 1 aromatic carbocycles. The Balaban J connectivity index is 1.75. The molecular formula is C22H29ClN8O5. The number of amides is 2. The van der Waals surface area contributed by atoms with E-state index in [1.807, 2.05) is 12.1 Å². The number of guanidine groups is 1. The molecule has 0 spiro atoms. The Bertz CT molecular complexity index is 1110. The van der Waals surface area contributed by atoms with E-state index in [-0.39, 0.29) is 41.0 Å². The van der Waals surface area contributed by atoms with Crippen LogP contribution < -0.4 is 32.6 Å². The number of ether oxygens (including phenoxy) is 2. The molecule has 0 unspecified atom stereocenters. The minimum absolute atomic E-state index is 0.0495. The Morgan fingerprint density at radius 2 is 1.81 bits per heavy atom. The zero-order valence-corrected chi connectivity index (χ0v) is 20.7. The highest BCUT2D eigenvalue weighted by atomic mass is 35.5. The smallest absolute Gasteiger partial charge is 0.331 e. The molecule has 36 heavy (non-hydrogen) atoms. The second kappa shape index (κ2) is 13.7. The quantitative estimate of drug-likeness (QED) is 0.119. The van der Waals surface area contributed by atoms with Gasteiger partial charge in [-0.15, -0.1) is 0 Å². The summed E-state index contributed by atoms with van der Waals surface area (Å²) in [5.41, 5.74) is 17.8. The molecule has 194 valence electrons. The summed E-state index contributed by atoms with van der Waals surface area (Å²) >= 11 is 5.77. The van der Waals surface area contributed by atoms with Gasteiger partial charge in [-0.05, 0) is 37.0 Å². The van der Waals surface area contributed by atoms with Crippen LogP contribution in [0.3, 0.4) is 0 Å². The molecule has 2 amide bonds. The number of nitrogens with zero attached hydrogens (tertiary/aromatic N) is 3. The molecule has 2 aromatic rings. The molecule has 0 aliphatic rings. The van der Waals surface area contributed by atoms with E-state index in [0.717, 1.165) is 24.8 Å². The van der Waals surface area contributed by atoms with Gasteiger partial charge in [0.1, 0.15) is 12.4 Å². The average molecular weight is 521 g/mol. The molecule has 14 heteroatoms. The van der Waals surface area contributed by atoms with Gasteiger partial charge in [0.25, 0.3) is 5.91 Å². The molecule has 0 saturated heterocycles. The zero-order chi connectivity index (χ0) is 26.7. The number of nitrogens with one attached hydrogen (secondary N) is 2. The van der Waals surface area contributed by atoms with E-state index in [4.69, 9.17) is 33.5 Å². The molecule has 0 aliphatic carbocycles. The topological polar surface area (TPSA) is 210 Å². The molecule has 13 nitrogen and oxygen atoms in total. The maximum atomic E-state index is 12.2. The highest BCUT2D eigenvalue weighted by molar-refractivity contribution is 6.31. The Morgan fingerprint density at radius 1 is 1.11 bits per heavy atom. The fourth-order valence-electron chi connectivity index (χ4n) is 2.95. The van der Waals surface area contributed by atoms with Gasteiger partial charge in [-0.1, -0.05) is 23.7 Å². The second-order valence-corrected chi connectivity index (χ2v) is 7.90. The van der Waals surface area contributed by atoms with Crippen molar-refractivity contribution in [2.45, 2.75) is 32.2 Å². The molecule has 1 atom stereocenters. The number of esters is 1. The number of nitrogens with two attached hydrogens (primary N) is 3. The fraction of sp³-hybridized carbons (Fsp3) is 0.364. The van der Waals surface area contributed by atoms with E-state index < -0.39 is 17.9 Å². The number of rotatable bonds is 11. The monoisotopic (exact) mass is 520 g/mol. The van der Waals surface area contributed by atoms with Crippen LogP contribution in [-0.2, 0) is 20.7 Å². The van der Waals surface area contributed by atoms with Gasteiger partial charge in [-0.25, -0.2) is 14.8 Å². The first-order chi connectivity index (χ1) is 17.1. The third kappa shape index (κ3) is 8.91. The lowest BCUT2D eigenvalue weighted by Crippen LogP contribution is -2.44. The number of hydrogen-bond donors (Lipinski definition) is 5. The third-order valence-corrected chi connectivity index (χ3v) is 5.00. The molecule has 2 rings (SSSR count). The minimum Gasteiger partial charge on any atom is -0.491 e. The number of carbonyl (C=O) groups excluding carboxylic acids is 3. The normalized spacial score (nSPS) is 11.9. The number of carbonyl (C=O) groups is 3. The van der Waals surface area contributed by atoms with Crippen molar-refractivity contribution in [1.82, 2.24) is 20.6 Å². The number of benzene rings is 1. The Kier molecular flexibility index (Phi) is 10.7. The molecule has 0 aliphatic heterocycles. The Morgan fingerprint density at radius 3 is 2.44 bits per heavy atom. The predicted octanol–water partition coefficient (Wildman–Crippen LogP) is 0.418. The number of aromatic nitrogens is 2. The second-order valence-electron chi connectivity index (χ2n) is 7.54. The lowest BCUT2D eigenvalue weighted by Gasteiger charge is -2.16. The van der Waals surface area contributed by atoms with Crippen LogP contribution in [-0.4, -0.2) is 60.0 Å². The van der Waals surface area contributed by atoms with Crippen molar-refractivity contribution in [3.63, 3.8) is 0 Å². The number of hydrogen-bond acceptors (Lipinski definition) is 10. The summed E-state index contributed by atoms with van der Waals surface area (Å²) in [4.78, 5) is 46.8. The fourth-order valence-corrected chi connectivity index (χ4v) is 3.08. The number of nitrogen functional groups attached to an aromatic ring is 2. The summed E-state index contributed by atoms with van der Waals surface area (Å²) in [5, 5.41) is 4.72. The highest BCUT2D eigenvalue weighted by Crippen LogP contribution is 2.17. The van der Waals surface area contributed by atoms with E-state index in [2.05, 4.69) is 30.3 Å². The number of aliphatic imine (C=N–C) groups is 1. The zero-order valence-electron chi connectivity index (χ0n) is 19.9. The van der Waals surface area contributed by atoms with Crippen molar-refractivity contribution in [3.8, 4) is 5.75 Å². The molecular weight excluding hydrogens is 492 g/mol. The molecule has 1 heterocycles. The third-order valence-electron chi connectivity index (χ3n) is 4.72. The summed E-state index contributed by atoms with van der Waals surface area (Å²) in [6.07, 6.45) is 2.33. The molecule has 0 fully saturated rings. The SMILES string of the molecule is COC(=O)[C@@H](COc1ccc(CCCCN=C(N)NC(=O)c2nc(Cl)c(N)nc2N)cc1)NC(C)=O. The average Bonchev–Trinajstić information content (AvgIpc) is 2.83. The lowest BCUT2D eigenvalue weighted by molar-refractivity contribution is -0.145. The van der Waals surface area contributed by atoms with Crippen molar-refractivity contribution >= 4 is 47.0 Å². The van der Waals surface area contributed by atoms with E-state index >= 15 is 0 Å². The summed E-state index contributed by atoms with van der Waals surface area (Å²) in [5.74, 6) is -1.42. The number of aryl methyl sites for hydroxylation is 1. The van der Waals surface area contributed by atoms with Crippen molar-refractivity contribution in [3.05, 3.63) is 40.7 Å². The van der Waals surface area contributed by atoms with Crippen LogP contribution in [0, 0.1) is 0 Å². The number of anilines is 2. The molecule has 1 aromatic heterocycles. The van der Waals surface area contributed by atoms with Crippen molar-refractivity contribution in [2.24, 2.45) is 10.7 Å². The standard InChI is InChI=1S/C22H29ClN8O5/c1-12(32)28-15(21(34)35-2)11-36-14-8-6-13(7-9-14)5-3-4-10-27-22(26)31-20(33)16-18(24)30-19(25)17(23)29-16/h6-9,15H,3-5,10-11H2,1-2H3,(H,28,32)(H4,24,25,30)(H3,26,27,31,33)/t15-/m1/s1. The van der Waals surface area contributed by atoms with E-state index in [0.29, 0.717) is 12.3 Å². The predicted molar refractivity (Wildman–Crippen MR) is 134 cm³/mol.